The van der Waals surface area contributed by atoms with Crippen molar-refractivity contribution in [2.45, 2.75) is 6.54 Å². The number of likely N-dealkylation sites (N-methyl/N-ethyl adjacent to an activating group) is 1. The molecule has 0 aliphatic rings. The molecule has 0 saturated carbocycles. The first-order chi connectivity index (χ1) is 12.6. The average molecular weight is 374 g/mol. The van der Waals surface area contributed by atoms with E-state index in [0.29, 0.717) is 36.5 Å². The highest BCUT2D eigenvalue weighted by atomic mass is 35.5. The molecule has 3 aromatic rings. The average Bonchev–Trinajstić information content (AvgIpc) is 3.10. The summed E-state index contributed by atoms with van der Waals surface area (Å²) in [5.74, 6) is 2.59. The molecule has 0 unspecified atom stereocenters. The number of hydrogen-bond acceptors (Lipinski definition) is 6. The summed E-state index contributed by atoms with van der Waals surface area (Å²) in [4.78, 5) is 2.05. The summed E-state index contributed by atoms with van der Waals surface area (Å²) >= 11 is 5.94. The van der Waals surface area contributed by atoms with Gasteiger partial charge in [-0.15, -0.1) is 10.2 Å². The highest BCUT2D eigenvalue weighted by Gasteiger charge is 2.11. The van der Waals surface area contributed by atoms with Gasteiger partial charge in [-0.2, -0.15) is 0 Å². The molecule has 0 aliphatic carbocycles. The molecule has 0 bridgehead atoms. The Bertz CT molecular complexity index is 836. The van der Waals surface area contributed by atoms with Crippen molar-refractivity contribution in [2.24, 2.45) is 0 Å². The Kier molecular flexibility index (Phi) is 6.09. The molecule has 0 saturated heterocycles. The normalized spacial score (nSPS) is 10.9. The van der Waals surface area contributed by atoms with Gasteiger partial charge in [0.1, 0.15) is 18.1 Å². The number of benzene rings is 2. The molecule has 0 atom stereocenters. The molecule has 0 aliphatic heterocycles. The van der Waals surface area contributed by atoms with Crippen LogP contribution in [0.15, 0.2) is 52.9 Å². The molecular weight excluding hydrogens is 354 g/mol. The fraction of sp³-hybridized carbons (Fsp3) is 0.263. The third kappa shape index (κ3) is 4.97. The Balaban J connectivity index is 1.50. The van der Waals surface area contributed by atoms with E-state index in [0.717, 1.165) is 17.1 Å². The summed E-state index contributed by atoms with van der Waals surface area (Å²) in [5, 5.41) is 8.87. The topological polar surface area (TPSA) is 60.6 Å². The Morgan fingerprint density at radius 1 is 1.08 bits per heavy atom. The molecular formula is C19H20ClN3O3. The van der Waals surface area contributed by atoms with Gasteiger partial charge in [-0.25, -0.2) is 0 Å². The first kappa shape index (κ1) is 18.2. The van der Waals surface area contributed by atoms with Crippen LogP contribution in [0.5, 0.6) is 11.5 Å². The van der Waals surface area contributed by atoms with E-state index in [9.17, 15) is 0 Å². The lowest BCUT2D eigenvalue weighted by Crippen LogP contribution is -2.24. The van der Waals surface area contributed by atoms with Crippen LogP contribution in [0.4, 0.5) is 0 Å². The molecule has 6 nitrogen and oxygen atoms in total. The number of halogens is 1. The van der Waals surface area contributed by atoms with Crippen molar-refractivity contribution in [1.82, 2.24) is 15.1 Å². The molecule has 26 heavy (non-hydrogen) atoms. The van der Waals surface area contributed by atoms with E-state index in [1.807, 2.05) is 49.5 Å². The summed E-state index contributed by atoms with van der Waals surface area (Å²) in [7, 11) is 3.60. The predicted octanol–water partition coefficient (Wildman–Crippen LogP) is 3.91. The zero-order valence-electron chi connectivity index (χ0n) is 14.7. The van der Waals surface area contributed by atoms with Crippen LogP contribution in [0.1, 0.15) is 5.89 Å². The SMILES string of the molecule is COc1ccc(-c2nnc(CN(C)CCOc3cccc(Cl)c3)o2)cc1. The van der Waals surface area contributed by atoms with Crippen LogP contribution in [0.2, 0.25) is 5.02 Å². The minimum atomic E-state index is 0.492. The smallest absolute Gasteiger partial charge is 0.247 e. The van der Waals surface area contributed by atoms with Crippen LogP contribution in [0.25, 0.3) is 11.5 Å². The Morgan fingerprint density at radius 3 is 2.62 bits per heavy atom. The van der Waals surface area contributed by atoms with Crippen molar-refractivity contribution in [3.05, 3.63) is 59.4 Å². The van der Waals surface area contributed by atoms with E-state index >= 15 is 0 Å². The fourth-order valence-corrected chi connectivity index (χ4v) is 2.53. The molecule has 0 fully saturated rings. The van der Waals surface area contributed by atoms with Crippen LogP contribution in [-0.4, -0.2) is 42.4 Å². The highest BCUT2D eigenvalue weighted by molar-refractivity contribution is 6.30. The van der Waals surface area contributed by atoms with E-state index in [1.54, 1.807) is 13.2 Å². The van der Waals surface area contributed by atoms with Gasteiger partial charge in [0.2, 0.25) is 11.8 Å². The summed E-state index contributed by atoms with van der Waals surface area (Å²) in [6, 6.07) is 14.8. The second kappa shape index (κ2) is 8.69. The fourth-order valence-electron chi connectivity index (χ4n) is 2.35. The van der Waals surface area contributed by atoms with Gasteiger partial charge in [0.15, 0.2) is 0 Å². The summed E-state index contributed by atoms with van der Waals surface area (Å²) in [5.41, 5.74) is 0.858. The number of ether oxygens (including phenoxy) is 2. The third-order valence-electron chi connectivity index (χ3n) is 3.75. The minimum Gasteiger partial charge on any atom is -0.497 e. The Hall–Kier alpha value is -2.57. The quantitative estimate of drug-likeness (QED) is 0.596. The van der Waals surface area contributed by atoms with Gasteiger partial charge < -0.3 is 13.9 Å². The lowest BCUT2D eigenvalue weighted by molar-refractivity contribution is 0.220. The molecule has 136 valence electrons. The van der Waals surface area contributed by atoms with Crippen LogP contribution in [0, 0.1) is 0 Å². The molecule has 0 N–H and O–H groups in total. The number of aromatic nitrogens is 2. The Labute approximate surface area is 157 Å². The second-order valence-corrected chi connectivity index (χ2v) is 6.21. The highest BCUT2D eigenvalue weighted by Crippen LogP contribution is 2.21. The first-order valence-corrected chi connectivity index (χ1v) is 8.55. The van der Waals surface area contributed by atoms with Crippen molar-refractivity contribution in [3.8, 4) is 23.0 Å². The van der Waals surface area contributed by atoms with E-state index in [2.05, 4.69) is 15.1 Å². The Morgan fingerprint density at radius 2 is 1.88 bits per heavy atom. The largest absolute Gasteiger partial charge is 0.497 e. The van der Waals surface area contributed by atoms with Gasteiger partial charge >= 0.3 is 0 Å². The van der Waals surface area contributed by atoms with E-state index < -0.39 is 0 Å². The molecule has 2 aromatic carbocycles. The molecule has 7 heteroatoms. The molecule has 0 spiro atoms. The summed E-state index contributed by atoms with van der Waals surface area (Å²) < 4.78 is 16.6. The van der Waals surface area contributed by atoms with Gasteiger partial charge in [-0.3, -0.25) is 4.90 Å². The van der Waals surface area contributed by atoms with Crippen LogP contribution >= 0.6 is 11.6 Å². The number of hydrogen-bond donors (Lipinski definition) is 0. The monoisotopic (exact) mass is 373 g/mol. The van der Waals surface area contributed by atoms with Gasteiger partial charge in [0.05, 0.1) is 13.7 Å². The maximum absolute atomic E-state index is 5.94. The van der Waals surface area contributed by atoms with Gasteiger partial charge in [0, 0.05) is 17.1 Å². The van der Waals surface area contributed by atoms with Crippen molar-refractivity contribution in [3.63, 3.8) is 0 Å². The van der Waals surface area contributed by atoms with Crippen LogP contribution < -0.4 is 9.47 Å². The van der Waals surface area contributed by atoms with Gasteiger partial charge in [-0.05, 0) is 49.5 Å². The predicted molar refractivity (Wildman–Crippen MR) is 99.6 cm³/mol. The van der Waals surface area contributed by atoms with Crippen LogP contribution in [0.3, 0.4) is 0 Å². The molecule has 3 rings (SSSR count). The zero-order valence-corrected chi connectivity index (χ0v) is 15.4. The number of nitrogens with zero attached hydrogens (tertiary/aromatic N) is 3. The van der Waals surface area contributed by atoms with Crippen molar-refractivity contribution in [2.75, 3.05) is 27.3 Å². The zero-order chi connectivity index (χ0) is 18.4. The van der Waals surface area contributed by atoms with Crippen molar-refractivity contribution in [1.29, 1.82) is 0 Å². The first-order valence-electron chi connectivity index (χ1n) is 8.18. The maximum atomic E-state index is 5.94. The molecule has 0 radical (unpaired) electrons. The van der Waals surface area contributed by atoms with E-state index in [-0.39, 0.29) is 0 Å². The van der Waals surface area contributed by atoms with Gasteiger partial charge in [-0.1, -0.05) is 17.7 Å². The van der Waals surface area contributed by atoms with Crippen molar-refractivity contribution < 1.29 is 13.9 Å². The molecule has 1 aromatic heterocycles. The summed E-state index contributed by atoms with van der Waals surface area (Å²) in [6.07, 6.45) is 0. The third-order valence-corrected chi connectivity index (χ3v) is 3.98. The van der Waals surface area contributed by atoms with Crippen LogP contribution in [-0.2, 0) is 6.54 Å². The lowest BCUT2D eigenvalue weighted by atomic mass is 10.2. The standard InChI is InChI=1S/C19H20ClN3O3/c1-23(10-11-25-17-5-3-4-15(20)12-17)13-18-21-22-19(26-18)14-6-8-16(24-2)9-7-14/h3-9,12H,10-11,13H2,1-2H3. The molecule has 0 amide bonds. The number of rotatable bonds is 8. The second-order valence-electron chi connectivity index (χ2n) is 5.77. The maximum Gasteiger partial charge on any atom is 0.247 e. The molecule has 1 heterocycles. The van der Waals surface area contributed by atoms with E-state index in [1.165, 1.54) is 0 Å². The van der Waals surface area contributed by atoms with Crippen molar-refractivity contribution >= 4 is 11.6 Å². The minimum absolute atomic E-state index is 0.492. The lowest BCUT2D eigenvalue weighted by Gasteiger charge is -2.14. The number of methoxy groups -OCH3 is 1. The summed E-state index contributed by atoms with van der Waals surface area (Å²) in [6.45, 7) is 1.80. The van der Waals surface area contributed by atoms with E-state index in [4.69, 9.17) is 25.5 Å². The van der Waals surface area contributed by atoms with Gasteiger partial charge in [0.25, 0.3) is 0 Å².